The third-order valence-corrected chi connectivity index (χ3v) is 4.86. The summed E-state index contributed by atoms with van der Waals surface area (Å²) in [6.45, 7) is 13.6. The van der Waals surface area contributed by atoms with Gasteiger partial charge >= 0.3 is 0 Å². The number of nitrogens with zero attached hydrogens (tertiary/aromatic N) is 1. The molecule has 0 saturated carbocycles. The summed E-state index contributed by atoms with van der Waals surface area (Å²) in [6, 6.07) is 0. The predicted molar refractivity (Wildman–Crippen MR) is 102 cm³/mol. The van der Waals surface area contributed by atoms with E-state index in [9.17, 15) is 4.79 Å². The third kappa shape index (κ3) is 3.98. The number of nitrogens with one attached hydrogen (secondary N) is 1. The van der Waals surface area contributed by atoms with Gasteiger partial charge in [-0.1, -0.05) is 19.9 Å². The van der Waals surface area contributed by atoms with Crippen molar-refractivity contribution in [1.29, 1.82) is 0 Å². The van der Waals surface area contributed by atoms with Gasteiger partial charge in [0.2, 0.25) is 0 Å². The number of hydrogen-bond acceptors (Lipinski definition) is 4. The molecule has 0 fully saturated rings. The Morgan fingerprint density at radius 2 is 1.96 bits per heavy atom. The summed E-state index contributed by atoms with van der Waals surface area (Å²) in [4.78, 5) is 15.2. The largest absolute Gasteiger partial charge is 0.496 e. The number of benzene rings is 1. The highest BCUT2D eigenvalue weighted by Crippen LogP contribution is 2.41. The van der Waals surface area contributed by atoms with Crippen molar-refractivity contribution in [2.24, 2.45) is 0 Å². The van der Waals surface area contributed by atoms with Gasteiger partial charge in [0, 0.05) is 18.7 Å². The van der Waals surface area contributed by atoms with Crippen LogP contribution in [-0.2, 0) is 0 Å². The molecule has 1 aliphatic heterocycles. The number of rotatable bonds is 7. The highest BCUT2D eigenvalue weighted by molar-refractivity contribution is 6.02. The van der Waals surface area contributed by atoms with Crippen LogP contribution in [0.5, 0.6) is 11.5 Å². The highest BCUT2D eigenvalue weighted by atomic mass is 16.5. The van der Waals surface area contributed by atoms with Crippen LogP contribution in [0.1, 0.15) is 47.8 Å². The molecule has 0 saturated heterocycles. The molecule has 1 atom stereocenters. The number of carbonyl (C=O) groups excluding carboxylic acids is 1. The average molecular weight is 346 g/mol. The van der Waals surface area contributed by atoms with E-state index in [4.69, 9.17) is 9.47 Å². The van der Waals surface area contributed by atoms with E-state index in [0.29, 0.717) is 17.9 Å². The summed E-state index contributed by atoms with van der Waals surface area (Å²) >= 11 is 0. The minimum Gasteiger partial charge on any atom is -0.496 e. The van der Waals surface area contributed by atoms with Crippen LogP contribution in [0.4, 0.5) is 0 Å². The molecule has 0 aliphatic carbocycles. The Morgan fingerprint density at radius 3 is 2.56 bits per heavy atom. The van der Waals surface area contributed by atoms with Gasteiger partial charge in [-0.2, -0.15) is 0 Å². The second kappa shape index (κ2) is 8.39. The van der Waals surface area contributed by atoms with Gasteiger partial charge in [-0.3, -0.25) is 4.79 Å². The number of fused-ring (bicyclic) bond motifs is 1. The SMILES string of the molecule is CCN(CC)CCNC(=O)c1c2c(c(C)c(C)c1OC)OC(C)C=C2. The van der Waals surface area contributed by atoms with Gasteiger partial charge in [-0.15, -0.1) is 0 Å². The molecule has 1 N–H and O–H groups in total. The van der Waals surface area contributed by atoms with Crippen molar-refractivity contribution < 1.29 is 14.3 Å². The summed E-state index contributed by atoms with van der Waals surface area (Å²) < 4.78 is 11.6. The Bertz CT molecular complexity index is 664. The van der Waals surface area contributed by atoms with Crippen molar-refractivity contribution in [1.82, 2.24) is 10.2 Å². The Labute approximate surface area is 151 Å². The second-order valence-electron chi connectivity index (χ2n) is 6.37. The quantitative estimate of drug-likeness (QED) is 0.824. The van der Waals surface area contributed by atoms with Gasteiger partial charge in [0.25, 0.3) is 5.91 Å². The normalized spacial score (nSPS) is 15.7. The molecule has 0 radical (unpaired) electrons. The Hall–Kier alpha value is -2.01. The molecule has 1 heterocycles. The van der Waals surface area contributed by atoms with E-state index in [2.05, 4.69) is 24.1 Å². The fraction of sp³-hybridized carbons (Fsp3) is 0.550. The summed E-state index contributed by atoms with van der Waals surface area (Å²) in [5, 5.41) is 3.03. The first kappa shape index (κ1) is 19.3. The maximum Gasteiger partial charge on any atom is 0.255 e. The van der Waals surface area contributed by atoms with E-state index >= 15 is 0 Å². The molecular weight excluding hydrogens is 316 g/mol. The zero-order valence-electron chi connectivity index (χ0n) is 16.2. The summed E-state index contributed by atoms with van der Waals surface area (Å²) in [7, 11) is 1.61. The molecule has 0 bridgehead atoms. The first-order valence-corrected chi connectivity index (χ1v) is 9.01. The lowest BCUT2D eigenvalue weighted by atomic mass is 9.94. The zero-order chi connectivity index (χ0) is 18.6. The van der Waals surface area contributed by atoms with Crippen molar-refractivity contribution in [2.75, 3.05) is 33.3 Å². The predicted octanol–water partition coefficient (Wildman–Crippen LogP) is 3.18. The van der Waals surface area contributed by atoms with Gasteiger partial charge in [0.1, 0.15) is 17.6 Å². The van der Waals surface area contributed by atoms with Crippen LogP contribution < -0.4 is 14.8 Å². The topological polar surface area (TPSA) is 50.8 Å². The molecule has 5 heteroatoms. The van der Waals surface area contributed by atoms with E-state index in [1.165, 1.54) is 0 Å². The van der Waals surface area contributed by atoms with Crippen LogP contribution in [0.3, 0.4) is 0 Å². The van der Waals surface area contributed by atoms with Crippen molar-refractivity contribution in [3.05, 3.63) is 28.3 Å². The molecule has 5 nitrogen and oxygen atoms in total. The van der Waals surface area contributed by atoms with Gasteiger partial charge in [-0.05, 0) is 51.1 Å². The lowest BCUT2D eigenvalue weighted by Gasteiger charge is -2.26. The average Bonchev–Trinajstić information content (AvgIpc) is 2.61. The molecule has 0 aromatic heterocycles. The summed E-state index contributed by atoms with van der Waals surface area (Å²) in [5.41, 5.74) is 3.32. The lowest BCUT2D eigenvalue weighted by Crippen LogP contribution is -2.35. The molecule has 1 aromatic carbocycles. The fourth-order valence-electron chi connectivity index (χ4n) is 3.17. The Balaban J connectivity index is 2.34. The Morgan fingerprint density at radius 1 is 1.28 bits per heavy atom. The smallest absolute Gasteiger partial charge is 0.255 e. The summed E-state index contributed by atoms with van der Waals surface area (Å²) in [6.07, 6.45) is 3.93. The van der Waals surface area contributed by atoms with Gasteiger partial charge < -0.3 is 19.7 Å². The van der Waals surface area contributed by atoms with Crippen molar-refractivity contribution in [2.45, 2.75) is 40.7 Å². The molecule has 1 unspecified atom stereocenters. The van der Waals surface area contributed by atoms with E-state index < -0.39 is 0 Å². The van der Waals surface area contributed by atoms with Crippen LogP contribution in [0.2, 0.25) is 0 Å². The van der Waals surface area contributed by atoms with E-state index in [-0.39, 0.29) is 12.0 Å². The Kier molecular flexibility index (Phi) is 6.48. The minimum atomic E-state index is -0.119. The third-order valence-electron chi connectivity index (χ3n) is 4.86. The van der Waals surface area contributed by atoms with Crippen molar-refractivity contribution in [3.8, 4) is 11.5 Å². The van der Waals surface area contributed by atoms with Gasteiger partial charge in [0.05, 0.1) is 12.7 Å². The van der Waals surface area contributed by atoms with E-state index in [1.807, 2.05) is 32.9 Å². The van der Waals surface area contributed by atoms with Crippen LogP contribution in [0.15, 0.2) is 6.08 Å². The van der Waals surface area contributed by atoms with Gasteiger partial charge in [-0.25, -0.2) is 0 Å². The molecule has 1 aromatic rings. The number of carbonyl (C=O) groups is 1. The summed E-state index contributed by atoms with van der Waals surface area (Å²) in [5.74, 6) is 1.28. The number of amides is 1. The maximum atomic E-state index is 12.9. The number of likely N-dealkylation sites (N-methyl/N-ethyl adjacent to an activating group) is 1. The zero-order valence-corrected chi connectivity index (χ0v) is 16.2. The van der Waals surface area contributed by atoms with Crippen LogP contribution in [0, 0.1) is 13.8 Å². The van der Waals surface area contributed by atoms with Gasteiger partial charge in [0.15, 0.2) is 0 Å². The van der Waals surface area contributed by atoms with Crippen molar-refractivity contribution >= 4 is 12.0 Å². The molecular formula is C20H30N2O3. The lowest BCUT2D eigenvalue weighted by molar-refractivity contribution is 0.0944. The molecule has 1 aliphatic rings. The standard InChI is InChI=1S/C20H30N2O3/c1-7-22(8-2)12-11-21-20(23)17-16-10-9-13(3)25-18(16)14(4)15(5)19(17)24-6/h9-10,13H,7-8,11-12H2,1-6H3,(H,21,23). The molecule has 2 rings (SSSR count). The maximum absolute atomic E-state index is 12.9. The highest BCUT2D eigenvalue weighted by Gasteiger charge is 2.27. The van der Waals surface area contributed by atoms with Crippen LogP contribution in [-0.4, -0.2) is 50.2 Å². The first-order chi connectivity index (χ1) is 11.9. The minimum absolute atomic E-state index is 0.00225. The number of methoxy groups -OCH3 is 1. The molecule has 138 valence electrons. The monoisotopic (exact) mass is 346 g/mol. The van der Waals surface area contributed by atoms with Crippen LogP contribution >= 0.6 is 0 Å². The van der Waals surface area contributed by atoms with Crippen molar-refractivity contribution in [3.63, 3.8) is 0 Å². The molecule has 0 spiro atoms. The van der Waals surface area contributed by atoms with Crippen LogP contribution in [0.25, 0.3) is 6.08 Å². The molecule has 25 heavy (non-hydrogen) atoms. The second-order valence-corrected chi connectivity index (χ2v) is 6.37. The van der Waals surface area contributed by atoms with E-state index in [0.717, 1.165) is 42.1 Å². The fourth-order valence-corrected chi connectivity index (χ4v) is 3.17. The molecule has 1 amide bonds. The number of ether oxygens (including phenoxy) is 2. The number of hydrogen-bond donors (Lipinski definition) is 1. The van der Waals surface area contributed by atoms with E-state index in [1.54, 1.807) is 7.11 Å². The first-order valence-electron chi connectivity index (χ1n) is 9.01.